The number of fused-ring (bicyclic) bond motifs is 1. The number of carbonyl (C=O) groups excluding carboxylic acids is 1. The van der Waals surface area contributed by atoms with Crippen molar-refractivity contribution in [1.82, 2.24) is 19.9 Å². The molecule has 0 aliphatic heterocycles. The minimum absolute atomic E-state index is 0.0440. The van der Waals surface area contributed by atoms with Crippen LogP contribution in [0.15, 0.2) is 42.9 Å². The third-order valence-corrected chi connectivity index (χ3v) is 4.96. The molecule has 4 aromatic rings. The number of aromatic amines is 1. The fraction of sp³-hybridized carbons (Fsp3) is 0.143. The summed E-state index contributed by atoms with van der Waals surface area (Å²) >= 11 is 6.04. The van der Waals surface area contributed by atoms with Crippen LogP contribution in [0.25, 0.3) is 22.4 Å². The maximum Gasteiger partial charge on any atom is 0.421 e. The van der Waals surface area contributed by atoms with Gasteiger partial charge < -0.3 is 15.0 Å². The van der Waals surface area contributed by atoms with Crippen LogP contribution >= 0.6 is 11.6 Å². The SMILES string of the molecule is COc1ncc(NC(=O)Cc2ccc(-c3cnc4[nH]cc(Cl)c4n3)cc2F)cc1C(F)(F)F. The number of hydrogen-bond acceptors (Lipinski definition) is 5. The van der Waals surface area contributed by atoms with E-state index < -0.39 is 35.8 Å². The van der Waals surface area contributed by atoms with Crippen molar-refractivity contribution in [3.63, 3.8) is 0 Å². The van der Waals surface area contributed by atoms with E-state index in [1.165, 1.54) is 24.5 Å². The van der Waals surface area contributed by atoms with Crippen LogP contribution in [0.3, 0.4) is 0 Å². The molecule has 0 radical (unpaired) electrons. The number of alkyl halides is 3. The predicted molar refractivity (Wildman–Crippen MR) is 112 cm³/mol. The fourth-order valence-electron chi connectivity index (χ4n) is 3.11. The number of pyridine rings is 1. The molecule has 0 aliphatic carbocycles. The van der Waals surface area contributed by atoms with E-state index in [4.69, 9.17) is 11.6 Å². The highest BCUT2D eigenvalue weighted by Crippen LogP contribution is 2.36. The number of nitrogens with one attached hydrogen (secondary N) is 2. The molecule has 4 rings (SSSR count). The van der Waals surface area contributed by atoms with E-state index in [0.29, 0.717) is 33.5 Å². The number of carbonyl (C=O) groups is 1. The lowest BCUT2D eigenvalue weighted by molar-refractivity contribution is -0.139. The van der Waals surface area contributed by atoms with Gasteiger partial charge in [0.05, 0.1) is 42.3 Å². The zero-order chi connectivity index (χ0) is 23.8. The number of amides is 1. The van der Waals surface area contributed by atoms with Gasteiger partial charge in [-0.3, -0.25) is 4.79 Å². The highest BCUT2D eigenvalue weighted by Gasteiger charge is 2.35. The van der Waals surface area contributed by atoms with Crippen LogP contribution in [-0.4, -0.2) is 33.0 Å². The van der Waals surface area contributed by atoms with Gasteiger partial charge in [0.25, 0.3) is 0 Å². The van der Waals surface area contributed by atoms with Crippen LogP contribution in [-0.2, 0) is 17.4 Å². The van der Waals surface area contributed by atoms with Gasteiger partial charge in [0.1, 0.15) is 16.9 Å². The Balaban J connectivity index is 1.51. The Bertz CT molecular complexity index is 1360. The summed E-state index contributed by atoms with van der Waals surface area (Å²) in [5.74, 6) is -2.03. The largest absolute Gasteiger partial charge is 0.481 e. The van der Waals surface area contributed by atoms with E-state index in [-0.39, 0.29) is 11.3 Å². The quantitative estimate of drug-likeness (QED) is 0.392. The van der Waals surface area contributed by atoms with E-state index >= 15 is 0 Å². The Labute approximate surface area is 188 Å². The van der Waals surface area contributed by atoms with Crippen LogP contribution in [0.5, 0.6) is 5.88 Å². The fourth-order valence-corrected chi connectivity index (χ4v) is 3.30. The number of halogens is 5. The molecular weight excluding hydrogens is 466 g/mol. The van der Waals surface area contributed by atoms with Crippen LogP contribution in [0.2, 0.25) is 5.02 Å². The van der Waals surface area contributed by atoms with Crippen molar-refractivity contribution >= 4 is 34.4 Å². The average Bonchev–Trinajstić information content (AvgIpc) is 3.14. The van der Waals surface area contributed by atoms with Gasteiger partial charge in [-0.2, -0.15) is 13.2 Å². The summed E-state index contributed by atoms with van der Waals surface area (Å²) < 4.78 is 58.6. The highest BCUT2D eigenvalue weighted by atomic mass is 35.5. The lowest BCUT2D eigenvalue weighted by Gasteiger charge is -2.13. The second kappa shape index (κ2) is 8.66. The van der Waals surface area contributed by atoms with Crippen molar-refractivity contribution in [2.75, 3.05) is 12.4 Å². The molecule has 1 aromatic carbocycles. The number of H-pyrrole nitrogens is 1. The number of methoxy groups -OCH3 is 1. The molecule has 3 aromatic heterocycles. The molecule has 12 heteroatoms. The number of anilines is 1. The van der Waals surface area contributed by atoms with Gasteiger partial charge in [-0.1, -0.05) is 23.7 Å². The molecule has 2 N–H and O–H groups in total. The Morgan fingerprint density at radius 2 is 2.00 bits per heavy atom. The monoisotopic (exact) mass is 479 g/mol. The van der Waals surface area contributed by atoms with E-state index in [1.54, 1.807) is 6.07 Å². The Morgan fingerprint density at radius 3 is 2.70 bits per heavy atom. The Hall–Kier alpha value is -3.73. The molecule has 33 heavy (non-hydrogen) atoms. The molecule has 7 nitrogen and oxygen atoms in total. The number of benzene rings is 1. The van der Waals surface area contributed by atoms with Crippen molar-refractivity contribution in [2.45, 2.75) is 12.6 Å². The minimum atomic E-state index is -4.72. The second-order valence-electron chi connectivity index (χ2n) is 6.90. The standard InChI is InChI=1S/C21H14ClF4N5O2/c1-33-20-13(21(24,25)26)6-12(7-29-20)30-17(32)5-10-2-3-11(4-15(10)23)16-9-28-19-18(31-16)14(22)8-27-19/h2-4,6-9H,5H2,1H3,(H,27,28)(H,30,32). The molecule has 0 saturated heterocycles. The molecule has 0 saturated carbocycles. The maximum absolute atomic E-state index is 14.6. The van der Waals surface area contributed by atoms with Crippen LogP contribution in [0, 0.1) is 5.82 Å². The third-order valence-electron chi connectivity index (χ3n) is 4.67. The van der Waals surface area contributed by atoms with Crippen LogP contribution < -0.4 is 10.1 Å². The molecule has 170 valence electrons. The molecule has 0 fully saturated rings. The summed E-state index contributed by atoms with van der Waals surface area (Å²) in [6.45, 7) is 0. The number of aromatic nitrogens is 4. The van der Waals surface area contributed by atoms with Gasteiger partial charge in [0, 0.05) is 11.8 Å². The van der Waals surface area contributed by atoms with E-state index in [0.717, 1.165) is 13.3 Å². The van der Waals surface area contributed by atoms with Crippen molar-refractivity contribution < 1.29 is 27.1 Å². The molecule has 0 bridgehead atoms. The average molecular weight is 480 g/mol. The first-order valence-electron chi connectivity index (χ1n) is 9.35. The first-order chi connectivity index (χ1) is 15.7. The van der Waals surface area contributed by atoms with Crippen molar-refractivity contribution in [2.24, 2.45) is 0 Å². The molecule has 0 spiro atoms. The molecule has 0 aliphatic rings. The van der Waals surface area contributed by atoms with Crippen LogP contribution in [0.1, 0.15) is 11.1 Å². The zero-order valence-corrected chi connectivity index (χ0v) is 17.6. The first kappa shape index (κ1) is 22.5. The summed E-state index contributed by atoms with van der Waals surface area (Å²) in [6.07, 6.45) is -1.13. The summed E-state index contributed by atoms with van der Waals surface area (Å²) in [5.41, 5.74) is 0.419. The van der Waals surface area contributed by atoms with Gasteiger partial charge in [-0.05, 0) is 17.7 Å². The van der Waals surface area contributed by atoms with Crippen molar-refractivity contribution in [3.05, 3.63) is 64.8 Å². The number of nitrogens with zero attached hydrogens (tertiary/aromatic N) is 3. The molecule has 0 atom stereocenters. The summed E-state index contributed by atoms with van der Waals surface area (Å²) in [7, 11) is 1.05. The first-order valence-corrected chi connectivity index (χ1v) is 9.73. The molecule has 0 unspecified atom stereocenters. The lowest BCUT2D eigenvalue weighted by atomic mass is 10.1. The molecule has 1 amide bonds. The van der Waals surface area contributed by atoms with Crippen molar-refractivity contribution in [3.8, 4) is 17.1 Å². The molecule has 3 heterocycles. The number of ether oxygens (including phenoxy) is 1. The lowest BCUT2D eigenvalue weighted by Crippen LogP contribution is -2.17. The van der Waals surface area contributed by atoms with E-state index in [1.807, 2.05) is 0 Å². The van der Waals surface area contributed by atoms with Crippen molar-refractivity contribution in [1.29, 1.82) is 0 Å². The van der Waals surface area contributed by atoms with Crippen LogP contribution in [0.4, 0.5) is 23.2 Å². The predicted octanol–water partition coefficient (Wildman–Crippen LogP) is 5.02. The maximum atomic E-state index is 14.6. The Morgan fingerprint density at radius 1 is 1.21 bits per heavy atom. The third kappa shape index (κ3) is 4.72. The second-order valence-corrected chi connectivity index (χ2v) is 7.31. The van der Waals surface area contributed by atoms with Gasteiger partial charge >= 0.3 is 6.18 Å². The van der Waals surface area contributed by atoms with Gasteiger partial charge in [-0.15, -0.1) is 0 Å². The van der Waals surface area contributed by atoms with Gasteiger partial charge in [0.15, 0.2) is 5.65 Å². The topological polar surface area (TPSA) is 92.8 Å². The van der Waals surface area contributed by atoms with E-state index in [2.05, 4.69) is 30.0 Å². The van der Waals surface area contributed by atoms with E-state index in [9.17, 15) is 22.4 Å². The van der Waals surface area contributed by atoms with Gasteiger partial charge in [-0.25, -0.2) is 19.3 Å². The summed E-state index contributed by atoms with van der Waals surface area (Å²) in [6, 6.07) is 4.83. The normalized spacial score (nSPS) is 11.6. The minimum Gasteiger partial charge on any atom is -0.481 e. The highest BCUT2D eigenvalue weighted by molar-refractivity contribution is 6.34. The smallest absolute Gasteiger partial charge is 0.421 e. The molecular formula is C21H14ClF4N5O2. The number of rotatable bonds is 5. The summed E-state index contributed by atoms with van der Waals surface area (Å²) in [5, 5.41) is 2.66. The zero-order valence-electron chi connectivity index (χ0n) is 16.8. The number of hydrogen-bond donors (Lipinski definition) is 2. The summed E-state index contributed by atoms with van der Waals surface area (Å²) in [4.78, 5) is 27.2. The van der Waals surface area contributed by atoms with Gasteiger partial charge in [0.2, 0.25) is 11.8 Å². The Kier molecular flexibility index (Phi) is 5.90.